The molecule has 1 N–H and O–H groups in total. The zero-order valence-corrected chi connectivity index (χ0v) is 12.7. The highest BCUT2D eigenvalue weighted by atomic mass is 32.1. The molecule has 3 rings (SSSR count). The first-order valence-electron chi connectivity index (χ1n) is 6.93. The number of hydrogen-bond acceptors (Lipinski definition) is 4. The molecule has 5 heteroatoms. The molecular formula is C17H14FN3S. The molecule has 2 aromatic heterocycles. The number of anilines is 1. The Hall–Kier alpha value is -2.45. The lowest BCUT2D eigenvalue weighted by Crippen LogP contribution is -2.02. The maximum Gasteiger partial charge on any atom is 0.138 e. The normalized spacial score (nSPS) is 10.2. The fourth-order valence-electron chi connectivity index (χ4n) is 2.09. The molecule has 110 valence electrons. The largest absolute Gasteiger partial charge is 0.368 e. The van der Waals surface area contributed by atoms with Crippen LogP contribution in [0.1, 0.15) is 17.5 Å². The van der Waals surface area contributed by atoms with Gasteiger partial charge in [-0.1, -0.05) is 30.0 Å². The van der Waals surface area contributed by atoms with Gasteiger partial charge in [-0.25, -0.2) is 14.4 Å². The van der Waals surface area contributed by atoms with E-state index in [0.29, 0.717) is 18.5 Å². The molecule has 0 aliphatic carbocycles. The number of aromatic nitrogens is 2. The first-order chi connectivity index (χ1) is 10.9. The summed E-state index contributed by atoms with van der Waals surface area (Å²) in [7, 11) is 0. The zero-order valence-electron chi connectivity index (χ0n) is 11.8. The van der Waals surface area contributed by atoms with Crippen LogP contribution in [0, 0.1) is 11.8 Å². The van der Waals surface area contributed by atoms with Gasteiger partial charge in [0.2, 0.25) is 0 Å². The first kappa shape index (κ1) is 14.5. The van der Waals surface area contributed by atoms with Gasteiger partial charge in [0.25, 0.3) is 0 Å². The molecule has 0 unspecified atom stereocenters. The molecule has 0 spiro atoms. The van der Waals surface area contributed by atoms with Gasteiger partial charge in [0, 0.05) is 18.5 Å². The van der Waals surface area contributed by atoms with Gasteiger partial charge in [-0.2, -0.15) is 0 Å². The quantitative estimate of drug-likeness (QED) is 0.584. The van der Waals surface area contributed by atoms with Crippen molar-refractivity contribution in [2.45, 2.75) is 13.1 Å². The van der Waals surface area contributed by atoms with E-state index < -0.39 is 6.67 Å². The molecule has 0 atom stereocenters. The maximum atomic E-state index is 12.8. The number of thiophene rings is 1. The van der Waals surface area contributed by atoms with Crippen LogP contribution in [0.5, 0.6) is 0 Å². The summed E-state index contributed by atoms with van der Waals surface area (Å²) in [6.45, 7) is 0.201. The smallest absolute Gasteiger partial charge is 0.138 e. The van der Waals surface area contributed by atoms with Crippen molar-refractivity contribution >= 4 is 27.4 Å². The third-order valence-electron chi connectivity index (χ3n) is 3.19. The van der Waals surface area contributed by atoms with Gasteiger partial charge in [-0.05, 0) is 23.1 Å². The Balaban J connectivity index is 1.60. The molecule has 22 heavy (non-hydrogen) atoms. The van der Waals surface area contributed by atoms with Crippen molar-refractivity contribution in [3.05, 3.63) is 53.2 Å². The van der Waals surface area contributed by atoms with E-state index in [1.54, 1.807) is 23.7 Å². The number of fused-ring (bicyclic) bond motifs is 1. The van der Waals surface area contributed by atoms with Crippen LogP contribution in [0.2, 0.25) is 0 Å². The Morgan fingerprint density at radius 3 is 3.00 bits per heavy atom. The van der Waals surface area contributed by atoms with Crippen molar-refractivity contribution in [1.82, 2.24) is 9.97 Å². The van der Waals surface area contributed by atoms with E-state index in [1.807, 2.05) is 29.6 Å². The highest BCUT2D eigenvalue weighted by molar-refractivity contribution is 7.16. The summed E-state index contributed by atoms with van der Waals surface area (Å²) in [6, 6.07) is 9.30. The van der Waals surface area contributed by atoms with Gasteiger partial charge in [0.15, 0.2) is 0 Å². The summed E-state index contributed by atoms with van der Waals surface area (Å²) < 4.78 is 12.8. The fourth-order valence-corrected chi connectivity index (χ4v) is 2.82. The summed E-state index contributed by atoms with van der Waals surface area (Å²) in [5, 5.41) is 6.30. The van der Waals surface area contributed by atoms with Crippen molar-refractivity contribution in [3.63, 3.8) is 0 Å². The number of rotatable bonds is 4. The van der Waals surface area contributed by atoms with Gasteiger partial charge in [0.1, 0.15) is 23.7 Å². The van der Waals surface area contributed by atoms with E-state index in [2.05, 4.69) is 27.1 Å². The van der Waals surface area contributed by atoms with Crippen molar-refractivity contribution in [1.29, 1.82) is 0 Å². The number of nitrogens with zero attached hydrogens (tertiary/aromatic N) is 2. The van der Waals surface area contributed by atoms with Gasteiger partial charge in [-0.3, -0.25) is 0 Å². The number of hydrogen-bond donors (Lipinski definition) is 1. The highest BCUT2D eigenvalue weighted by Gasteiger charge is 2.03. The Morgan fingerprint density at radius 2 is 2.09 bits per heavy atom. The van der Waals surface area contributed by atoms with Gasteiger partial charge in [-0.15, -0.1) is 11.3 Å². The fraction of sp³-hybridized carbons (Fsp3) is 0.176. The van der Waals surface area contributed by atoms with Crippen LogP contribution in [-0.2, 0) is 6.67 Å². The number of alkyl halides is 1. The third-order valence-corrected chi connectivity index (χ3v) is 4.01. The molecule has 2 heterocycles. The summed E-state index contributed by atoms with van der Waals surface area (Å²) in [5.74, 6) is 6.92. The molecule has 0 aliphatic rings. The van der Waals surface area contributed by atoms with Gasteiger partial charge in [0.05, 0.1) is 5.39 Å². The van der Waals surface area contributed by atoms with E-state index in [-0.39, 0.29) is 0 Å². The zero-order chi connectivity index (χ0) is 15.2. The second-order valence-corrected chi connectivity index (χ2v) is 5.53. The Morgan fingerprint density at radius 1 is 1.18 bits per heavy atom. The minimum Gasteiger partial charge on any atom is -0.368 e. The lowest BCUT2D eigenvalue weighted by molar-refractivity contribution is 0.484. The van der Waals surface area contributed by atoms with E-state index in [0.717, 1.165) is 21.6 Å². The van der Waals surface area contributed by atoms with Crippen LogP contribution >= 0.6 is 11.3 Å². The summed E-state index contributed by atoms with van der Waals surface area (Å²) in [6.07, 6.45) is 2.22. The monoisotopic (exact) mass is 311 g/mol. The molecule has 0 fully saturated rings. The highest BCUT2D eigenvalue weighted by Crippen LogP contribution is 2.23. The number of benzene rings is 1. The van der Waals surface area contributed by atoms with Crippen LogP contribution in [0.15, 0.2) is 42.0 Å². The predicted molar refractivity (Wildman–Crippen MR) is 88.7 cm³/mol. The first-order valence-corrected chi connectivity index (χ1v) is 7.81. The average molecular weight is 311 g/mol. The van der Waals surface area contributed by atoms with Gasteiger partial charge >= 0.3 is 0 Å². The second-order valence-electron chi connectivity index (χ2n) is 4.63. The topological polar surface area (TPSA) is 37.8 Å². The lowest BCUT2D eigenvalue weighted by atomic mass is 10.1. The van der Waals surface area contributed by atoms with Crippen molar-refractivity contribution in [3.8, 4) is 11.8 Å². The molecular weight excluding hydrogens is 297 g/mol. The van der Waals surface area contributed by atoms with Crippen LogP contribution in [0.3, 0.4) is 0 Å². The molecule has 1 aromatic carbocycles. The predicted octanol–water partition coefficient (Wildman–Crippen LogP) is 4.01. The summed E-state index contributed by atoms with van der Waals surface area (Å²) in [4.78, 5) is 9.43. The molecule has 3 nitrogen and oxygen atoms in total. The van der Waals surface area contributed by atoms with Crippen molar-refractivity contribution in [2.75, 3.05) is 11.9 Å². The molecule has 3 aromatic rings. The molecule has 0 amide bonds. The van der Waals surface area contributed by atoms with Crippen molar-refractivity contribution in [2.24, 2.45) is 0 Å². The molecule has 0 aliphatic heterocycles. The third kappa shape index (κ3) is 3.23. The van der Waals surface area contributed by atoms with Crippen LogP contribution < -0.4 is 5.32 Å². The van der Waals surface area contributed by atoms with E-state index in [4.69, 9.17) is 0 Å². The second kappa shape index (κ2) is 7.01. The number of halogens is 1. The summed E-state index contributed by atoms with van der Waals surface area (Å²) in [5.41, 5.74) is 1.39. The Kier molecular flexibility index (Phi) is 4.62. The van der Waals surface area contributed by atoms with Crippen molar-refractivity contribution < 1.29 is 4.39 Å². The van der Waals surface area contributed by atoms with Crippen LogP contribution in [0.25, 0.3) is 10.2 Å². The van der Waals surface area contributed by atoms with Crippen LogP contribution in [0.4, 0.5) is 10.2 Å². The van der Waals surface area contributed by atoms with E-state index in [1.165, 1.54) is 0 Å². The molecule has 0 saturated carbocycles. The summed E-state index contributed by atoms with van der Waals surface area (Å²) >= 11 is 1.59. The number of nitrogens with one attached hydrogen (secondary N) is 1. The Bertz CT molecular complexity index is 832. The van der Waals surface area contributed by atoms with E-state index >= 15 is 0 Å². The lowest BCUT2D eigenvalue weighted by Gasteiger charge is -2.03. The minimum absolute atomic E-state index is 0.486. The standard InChI is InChI=1S/C17H14FN3S/c18-11-14-7-2-1-5-13(14)6-3-4-9-19-16-15-8-10-22-17(15)21-12-20-16/h1-2,5,7-8,10,12H,4,9,11H2,(H,19,20,21). The molecule has 0 bridgehead atoms. The average Bonchev–Trinajstić information content (AvgIpc) is 3.04. The maximum absolute atomic E-state index is 12.8. The SMILES string of the molecule is FCc1ccccc1C#CCCNc1ncnc2sccc12. The Labute approximate surface area is 132 Å². The van der Waals surface area contributed by atoms with E-state index in [9.17, 15) is 4.39 Å². The van der Waals surface area contributed by atoms with Gasteiger partial charge < -0.3 is 5.32 Å². The molecule has 0 saturated heterocycles. The molecule has 0 radical (unpaired) electrons. The van der Waals surface area contributed by atoms with Crippen LogP contribution in [-0.4, -0.2) is 16.5 Å². The minimum atomic E-state index is -0.486.